The number of carbonyl (C=O) groups excluding carboxylic acids is 1. The second-order valence-corrected chi connectivity index (χ2v) is 4.09. The lowest BCUT2D eigenvalue weighted by Gasteiger charge is -2.20. The molecule has 0 aliphatic carbocycles. The lowest BCUT2D eigenvalue weighted by atomic mass is 10.1. The van der Waals surface area contributed by atoms with E-state index in [1.54, 1.807) is 0 Å². The summed E-state index contributed by atoms with van der Waals surface area (Å²) in [5, 5.41) is 3.15. The first-order chi connectivity index (χ1) is 7.19. The van der Waals surface area contributed by atoms with Crippen molar-refractivity contribution < 1.29 is 9.53 Å². The molecule has 2 unspecified atom stereocenters. The highest BCUT2D eigenvalue weighted by Crippen LogP contribution is 2.16. The Labute approximate surface area is 92.0 Å². The summed E-state index contributed by atoms with van der Waals surface area (Å²) in [6.07, 6.45) is 0.814. The molecule has 1 N–H and O–H groups in total. The first-order valence-corrected chi connectivity index (χ1v) is 5.74. The first-order valence-electron chi connectivity index (χ1n) is 5.74. The Balaban J connectivity index is 2.35. The van der Waals surface area contributed by atoms with Crippen molar-refractivity contribution in [3.8, 4) is 0 Å². The Bertz CT molecular complexity index is 209. The van der Waals surface area contributed by atoms with Gasteiger partial charge in [-0.1, -0.05) is 0 Å². The zero-order valence-electron chi connectivity index (χ0n) is 9.95. The van der Waals surface area contributed by atoms with Gasteiger partial charge in [-0.05, 0) is 39.8 Å². The first kappa shape index (κ1) is 12.5. The third-order valence-electron chi connectivity index (χ3n) is 2.85. The van der Waals surface area contributed by atoms with Crippen LogP contribution in [0.2, 0.25) is 0 Å². The number of nitrogens with zero attached hydrogens (tertiary/aromatic N) is 1. The van der Waals surface area contributed by atoms with Crippen LogP contribution in [0.1, 0.15) is 20.3 Å². The van der Waals surface area contributed by atoms with Crippen LogP contribution in [0, 0.1) is 5.92 Å². The van der Waals surface area contributed by atoms with Gasteiger partial charge in [0.2, 0.25) is 0 Å². The second kappa shape index (κ2) is 6.08. The molecule has 4 heteroatoms. The molecule has 0 bridgehead atoms. The molecule has 1 amide bonds. The van der Waals surface area contributed by atoms with E-state index >= 15 is 0 Å². The van der Waals surface area contributed by atoms with Crippen molar-refractivity contribution in [2.75, 3.05) is 33.3 Å². The third kappa shape index (κ3) is 3.47. The number of hydrogen-bond acceptors (Lipinski definition) is 3. The normalized spacial score (nSPS) is 23.1. The molecule has 15 heavy (non-hydrogen) atoms. The Morgan fingerprint density at radius 3 is 3.00 bits per heavy atom. The highest BCUT2D eigenvalue weighted by Gasteiger charge is 2.28. The van der Waals surface area contributed by atoms with E-state index in [0.717, 1.165) is 26.1 Å². The maximum Gasteiger partial charge on any atom is 0.251 e. The van der Waals surface area contributed by atoms with Gasteiger partial charge in [-0.15, -0.1) is 0 Å². The van der Waals surface area contributed by atoms with Gasteiger partial charge in [-0.25, -0.2) is 0 Å². The lowest BCUT2D eigenvalue weighted by Crippen LogP contribution is -2.38. The third-order valence-corrected chi connectivity index (χ3v) is 2.85. The summed E-state index contributed by atoms with van der Waals surface area (Å²) in [4.78, 5) is 13.8. The van der Waals surface area contributed by atoms with Crippen molar-refractivity contribution in [1.82, 2.24) is 10.2 Å². The molecule has 0 saturated carbocycles. The molecule has 0 aromatic carbocycles. The van der Waals surface area contributed by atoms with Crippen molar-refractivity contribution >= 4 is 5.91 Å². The van der Waals surface area contributed by atoms with Crippen LogP contribution in [0.3, 0.4) is 0 Å². The quantitative estimate of drug-likeness (QED) is 0.724. The van der Waals surface area contributed by atoms with Gasteiger partial charge in [-0.3, -0.25) is 4.79 Å². The fourth-order valence-corrected chi connectivity index (χ4v) is 2.07. The number of amides is 1. The molecular weight excluding hydrogens is 192 g/mol. The van der Waals surface area contributed by atoms with Gasteiger partial charge in [0, 0.05) is 19.7 Å². The average Bonchev–Trinajstić information content (AvgIpc) is 2.66. The number of likely N-dealkylation sites (tertiary alicyclic amines) is 1. The molecule has 0 radical (unpaired) electrons. The number of carbonyl (C=O) groups is 1. The molecule has 0 aromatic rings. The molecule has 1 aliphatic rings. The Morgan fingerprint density at radius 2 is 2.40 bits per heavy atom. The van der Waals surface area contributed by atoms with Crippen LogP contribution >= 0.6 is 0 Å². The van der Waals surface area contributed by atoms with Gasteiger partial charge < -0.3 is 15.0 Å². The molecule has 0 spiro atoms. The van der Waals surface area contributed by atoms with Crippen LogP contribution in [-0.4, -0.2) is 50.2 Å². The summed E-state index contributed by atoms with van der Waals surface area (Å²) in [5.41, 5.74) is 0. The van der Waals surface area contributed by atoms with E-state index in [0.29, 0.717) is 12.5 Å². The summed E-state index contributed by atoms with van der Waals surface area (Å²) in [6, 6.07) is 0. The summed E-state index contributed by atoms with van der Waals surface area (Å²) in [6.45, 7) is 7.09. The van der Waals surface area contributed by atoms with E-state index in [-0.39, 0.29) is 12.0 Å². The van der Waals surface area contributed by atoms with Gasteiger partial charge in [0.15, 0.2) is 0 Å². The fourth-order valence-electron chi connectivity index (χ4n) is 2.07. The summed E-state index contributed by atoms with van der Waals surface area (Å²) in [7, 11) is 1.95. The van der Waals surface area contributed by atoms with Crippen LogP contribution in [-0.2, 0) is 9.53 Å². The zero-order valence-corrected chi connectivity index (χ0v) is 9.95. The topological polar surface area (TPSA) is 41.6 Å². The molecule has 1 rings (SSSR count). The van der Waals surface area contributed by atoms with Crippen LogP contribution in [0.15, 0.2) is 0 Å². The molecule has 1 saturated heterocycles. The summed E-state index contributed by atoms with van der Waals surface area (Å²) in [5.74, 6) is 0.739. The number of rotatable bonds is 5. The average molecular weight is 214 g/mol. The highest BCUT2D eigenvalue weighted by atomic mass is 16.5. The smallest absolute Gasteiger partial charge is 0.251 e. The molecule has 4 nitrogen and oxygen atoms in total. The number of hydrogen-bond donors (Lipinski definition) is 1. The van der Waals surface area contributed by atoms with E-state index < -0.39 is 0 Å². The standard InChI is InChI=1S/C11H22N2O2/c1-4-15-9(2)11(14)13-6-5-10(8-13)7-12-3/h9-10,12H,4-8H2,1-3H3. The molecule has 1 fully saturated rings. The van der Waals surface area contributed by atoms with Crippen LogP contribution < -0.4 is 5.32 Å². The summed E-state index contributed by atoms with van der Waals surface area (Å²) >= 11 is 0. The molecule has 1 heterocycles. The van der Waals surface area contributed by atoms with E-state index in [4.69, 9.17) is 4.74 Å². The van der Waals surface area contributed by atoms with Gasteiger partial charge in [0.05, 0.1) is 0 Å². The predicted octanol–water partition coefficient (Wildman–Crippen LogP) is 0.479. The van der Waals surface area contributed by atoms with Crippen molar-refractivity contribution in [3.63, 3.8) is 0 Å². The maximum atomic E-state index is 11.9. The largest absolute Gasteiger partial charge is 0.369 e. The van der Waals surface area contributed by atoms with E-state index in [1.807, 2.05) is 25.8 Å². The minimum absolute atomic E-state index is 0.135. The Kier molecular flexibility index (Phi) is 5.05. The van der Waals surface area contributed by atoms with Gasteiger partial charge >= 0.3 is 0 Å². The minimum Gasteiger partial charge on any atom is -0.369 e. The van der Waals surface area contributed by atoms with E-state index in [2.05, 4.69) is 5.32 Å². The van der Waals surface area contributed by atoms with Crippen LogP contribution in [0.4, 0.5) is 0 Å². The van der Waals surface area contributed by atoms with Gasteiger partial charge in [-0.2, -0.15) is 0 Å². The second-order valence-electron chi connectivity index (χ2n) is 4.09. The van der Waals surface area contributed by atoms with Crippen molar-refractivity contribution in [2.45, 2.75) is 26.4 Å². The predicted molar refractivity (Wildman–Crippen MR) is 59.7 cm³/mol. The monoisotopic (exact) mass is 214 g/mol. The van der Waals surface area contributed by atoms with Crippen LogP contribution in [0.25, 0.3) is 0 Å². The number of ether oxygens (including phenoxy) is 1. The van der Waals surface area contributed by atoms with Gasteiger partial charge in [0.25, 0.3) is 5.91 Å². The minimum atomic E-state index is -0.289. The Hall–Kier alpha value is -0.610. The molecule has 0 aromatic heterocycles. The lowest BCUT2D eigenvalue weighted by molar-refractivity contribution is -0.141. The molecule has 2 atom stereocenters. The fraction of sp³-hybridized carbons (Fsp3) is 0.909. The molecular formula is C11H22N2O2. The van der Waals surface area contributed by atoms with Crippen molar-refractivity contribution in [3.05, 3.63) is 0 Å². The molecule has 88 valence electrons. The highest BCUT2D eigenvalue weighted by molar-refractivity contribution is 5.80. The van der Waals surface area contributed by atoms with E-state index in [9.17, 15) is 4.79 Å². The van der Waals surface area contributed by atoms with Crippen molar-refractivity contribution in [1.29, 1.82) is 0 Å². The van der Waals surface area contributed by atoms with Crippen molar-refractivity contribution in [2.24, 2.45) is 5.92 Å². The van der Waals surface area contributed by atoms with Gasteiger partial charge in [0.1, 0.15) is 6.10 Å². The number of nitrogens with one attached hydrogen (secondary N) is 1. The SMILES string of the molecule is CCOC(C)C(=O)N1CCC(CNC)C1. The zero-order chi connectivity index (χ0) is 11.3. The van der Waals surface area contributed by atoms with E-state index in [1.165, 1.54) is 0 Å². The Morgan fingerprint density at radius 1 is 1.67 bits per heavy atom. The van der Waals surface area contributed by atoms with Crippen LogP contribution in [0.5, 0.6) is 0 Å². The maximum absolute atomic E-state index is 11.9. The molecule has 1 aliphatic heterocycles. The summed E-state index contributed by atoms with van der Waals surface area (Å²) < 4.78 is 5.30.